The standard InChI is InChI=1S/C19H13N3O6S/c1-26-16-5-3-2-4-14(16)20-19-21-15(10-29-19)13-8-11-6-7-12(28-22(24)25)9-17(11)27-18(13)23/h2-10H,1H3,(H,20,21). The Kier molecular flexibility index (Phi) is 4.83. The summed E-state index contributed by atoms with van der Waals surface area (Å²) in [4.78, 5) is 31.7. The summed E-state index contributed by atoms with van der Waals surface area (Å²) in [6, 6.07) is 13.3. The van der Waals surface area contributed by atoms with Crippen LogP contribution in [0.2, 0.25) is 0 Å². The third-order valence-electron chi connectivity index (χ3n) is 4.02. The predicted octanol–water partition coefficient (Wildman–Crippen LogP) is 4.24. The lowest BCUT2D eigenvalue weighted by atomic mass is 10.1. The highest BCUT2D eigenvalue weighted by Crippen LogP contribution is 2.31. The summed E-state index contributed by atoms with van der Waals surface area (Å²) in [5.74, 6) is 0.637. The molecule has 0 aliphatic heterocycles. The van der Waals surface area contributed by atoms with Gasteiger partial charge in [-0.2, -0.15) is 0 Å². The number of para-hydroxylation sites is 2. The maximum Gasteiger partial charge on any atom is 0.345 e. The topological polar surface area (TPSA) is 117 Å². The number of ether oxygens (including phenoxy) is 1. The minimum absolute atomic E-state index is 0.0321. The molecule has 10 heteroatoms. The van der Waals surface area contributed by atoms with E-state index < -0.39 is 10.7 Å². The molecule has 0 fully saturated rings. The Morgan fingerprint density at radius 2 is 2.03 bits per heavy atom. The number of aromatic nitrogens is 1. The molecule has 0 amide bonds. The highest BCUT2D eigenvalue weighted by molar-refractivity contribution is 7.14. The fraction of sp³-hybridized carbons (Fsp3) is 0.0526. The van der Waals surface area contributed by atoms with E-state index >= 15 is 0 Å². The first-order chi connectivity index (χ1) is 14.0. The number of hydrogen-bond donors (Lipinski definition) is 1. The van der Waals surface area contributed by atoms with E-state index in [-0.39, 0.29) is 16.9 Å². The van der Waals surface area contributed by atoms with Crippen LogP contribution in [0.1, 0.15) is 0 Å². The van der Waals surface area contributed by atoms with Crippen molar-refractivity contribution in [3.05, 3.63) is 74.4 Å². The van der Waals surface area contributed by atoms with Crippen LogP contribution in [0.25, 0.3) is 22.2 Å². The molecule has 0 spiro atoms. The second-order valence-corrected chi connectivity index (χ2v) is 6.68. The highest BCUT2D eigenvalue weighted by atomic mass is 32.1. The lowest BCUT2D eigenvalue weighted by Gasteiger charge is -2.08. The maximum atomic E-state index is 12.4. The number of nitrogens with one attached hydrogen (secondary N) is 1. The van der Waals surface area contributed by atoms with Crippen LogP contribution in [0.3, 0.4) is 0 Å². The average molecular weight is 411 g/mol. The first kappa shape index (κ1) is 18.4. The zero-order chi connectivity index (χ0) is 20.4. The summed E-state index contributed by atoms with van der Waals surface area (Å²) in [6.07, 6.45) is 0. The summed E-state index contributed by atoms with van der Waals surface area (Å²) in [7, 11) is 1.58. The number of benzene rings is 2. The molecular formula is C19H13N3O6S. The Bertz CT molecular complexity index is 1270. The van der Waals surface area contributed by atoms with Crippen molar-refractivity contribution in [2.75, 3.05) is 12.4 Å². The molecule has 9 nitrogen and oxygen atoms in total. The Balaban J connectivity index is 1.65. The first-order valence-electron chi connectivity index (χ1n) is 8.30. The molecule has 0 aliphatic rings. The van der Waals surface area contributed by atoms with Crippen molar-refractivity contribution in [3.8, 4) is 22.8 Å². The van der Waals surface area contributed by atoms with E-state index in [0.29, 0.717) is 22.0 Å². The van der Waals surface area contributed by atoms with E-state index in [1.54, 1.807) is 24.6 Å². The molecule has 0 unspecified atom stereocenters. The van der Waals surface area contributed by atoms with Crippen molar-refractivity contribution in [3.63, 3.8) is 0 Å². The summed E-state index contributed by atoms with van der Waals surface area (Å²) >= 11 is 1.33. The van der Waals surface area contributed by atoms with Crippen molar-refractivity contribution in [2.24, 2.45) is 0 Å². The average Bonchev–Trinajstić information content (AvgIpc) is 3.15. The third-order valence-corrected chi connectivity index (χ3v) is 4.77. The molecule has 0 saturated heterocycles. The van der Waals surface area contributed by atoms with E-state index in [1.165, 1.54) is 23.5 Å². The predicted molar refractivity (Wildman–Crippen MR) is 107 cm³/mol. The summed E-state index contributed by atoms with van der Waals surface area (Å²) in [6.45, 7) is 0. The molecule has 0 atom stereocenters. The molecule has 2 heterocycles. The summed E-state index contributed by atoms with van der Waals surface area (Å²) < 4.78 is 10.6. The van der Waals surface area contributed by atoms with Gasteiger partial charge in [0.05, 0.1) is 24.1 Å². The van der Waals surface area contributed by atoms with Crippen LogP contribution in [0.5, 0.6) is 11.5 Å². The fourth-order valence-electron chi connectivity index (χ4n) is 2.73. The van der Waals surface area contributed by atoms with E-state index in [0.717, 1.165) is 5.69 Å². The molecule has 1 N–H and O–H groups in total. The highest BCUT2D eigenvalue weighted by Gasteiger charge is 2.13. The van der Waals surface area contributed by atoms with Crippen molar-refractivity contribution >= 4 is 33.1 Å². The third kappa shape index (κ3) is 3.87. The normalized spacial score (nSPS) is 10.7. The molecule has 0 radical (unpaired) electrons. The zero-order valence-electron chi connectivity index (χ0n) is 14.9. The lowest BCUT2D eigenvalue weighted by Crippen LogP contribution is -2.05. The number of thiazole rings is 1. The monoisotopic (exact) mass is 411 g/mol. The molecule has 146 valence electrons. The molecule has 4 rings (SSSR count). The van der Waals surface area contributed by atoms with Crippen molar-refractivity contribution in [2.45, 2.75) is 0 Å². The van der Waals surface area contributed by atoms with E-state index in [1.807, 2.05) is 24.3 Å². The fourth-order valence-corrected chi connectivity index (χ4v) is 3.45. The maximum absolute atomic E-state index is 12.4. The van der Waals surface area contributed by atoms with Gasteiger partial charge in [0.1, 0.15) is 17.1 Å². The van der Waals surface area contributed by atoms with Gasteiger partial charge in [0, 0.05) is 16.8 Å². The Morgan fingerprint density at radius 1 is 1.21 bits per heavy atom. The Morgan fingerprint density at radius 3 is 2.83 bits per heavy atom. The molecule has 2 aromatic heterocycles. The van der Waals surface area contributed by atoms with Gasteiger partial charge in [0.15, 0.2) is 5.13 Å². The van der Waals surface area contributed by atoms with Crippen molar-refractivity contribution in [1.29, 1.82) is 0 Å². The lowest BCUT2D eigenvalue weighted by molar-refractivity contribution is -0.711. The first-order valence-corrected chi connectivity index (χ1v) is 9.17. The SMILES string of the molecule is COc1ccccc1Nc1nc(-c2cc3ccc(O[N+](=O)[O-])cc3oc2=O)cs1. The van der Waals surface area contributed by atoms with Gasteiger partial charge in [-0.3, -0.25) is 4.84 Å². The summed E-state index contributed by atoms with van der Waals surface area (Å²) in [5.41, 5.74) is 1.06. The molecule has 29 heavy (non-hydrogen) atoms. The van der Waals surface area contributed by atoms with Gasteiger partial charge in [-0.15, -0.1) is 21.5 Å². The number of anilines is 2. The van der Waals surface area contributed by atoms with Crippen LogP contribution in [-0.4, -0.2) is 17.2 Å². The number of rotatable bonds is 6. The number of nitrogens with zero attached hydrogens (tertiary/aromatic N) is 2. The Hall–Kier alpha value is -3.92. The molecule has 0 aliphatic carbocycles. The number of fused-ring (bicyclic) bond motifs is 1. The number of hydrogen-bond acceptors (Lipinski definition) is 9. The molecule has 2 aromatic carbocycles. The van der Waals surface area contributed by atoms with Crippen LogP contribution >= 0.6 is 11.3 Å². The van der Waals surface area contributed by atoms with E-state index in [2.05, 4.69) is 15.1 Å². The summed E-state index contributed by atoms with van der Waals surface area (Å²) in [5, 5.41) is 15.6. The minimum atomic E-state index is -0.931. The van der Waals surface area contributed by atoms with Gasteiger partial charge in [0.2, 0.25) is 0 Å². The second-order valence-electron chi connectivity index (χ2n) is 5.83. The Labute approximate surface area is 167 Å². The van der Waals surface area contributed by atoms with Gasteiger partial charge in [-0.25, -0.2) is 9.78 Å². The quantitative estimate of drug-likeness (QED) is 0.284. The van der Waals surface area contributed by atoms with Crippen LogP contribution < -0.4 is 20.5 Å². The van der Waals surface area contributed by atoms with E-state index in [4.69, 9.17) is 9.15 Å². The molecule has 0 saturated carbocycles. The van der Waals surface area contributed by atoms with Gasteiger partial charge >= 0.3 is 5.63 Å². The van der Waals surface area contributed by atoms with Crippen LogP contribution in [0.4, 0.5) is 10.8 Å². The van der Waals surface area contributed by atoms with Crippen molar-refractivity contribution in [1.82, 2.24) is 4.98 Å². The van der Waals surface area contributed by atoms with Crippen LogP contribution in [-0.2, 0) is 0 Å². The van der Waals surface area contributed by atoms with Crippen LogP contribution in [0, 0.1) is 10.1 Å². The van der Waals surface area contributed by atoms with Gasteiger partial charge in [-0.05, 0) is 30.3 Å². The molecule has 4 aromatic rings. The molecule has 0 bridgehead atoms. The van der Waals surface area contributed by atoms with Gasteiger partial charge in [0.25, 0.3) is 5.09 Å². The smallest absolute Gasteiger partial charge is 0.345 e. The van der Waals surface area contributed by atoms with Crippen molar-refractivity contribution < 1.29 is 19.1 Å². The number of methoxy groups -OCH3 is 1. The van der Waals surface area contributed by atoms with Crippen LogP contribution in [0.15, 0.2) is 63.1 Å². The second kappa shape index (κ2) is 7.60. The minimum Gasteiger partial charge on any atom is -0.495 e. The van der Waals surface area contributed by atoms with E-state index in [9.17, 15) is 14.9 Å². The van der Waals surface area contributed by atoms with Gasteiger partial charge < -0.3 is 14.5 Å². The molecular weight excluding hydrogens is 398 g/mol. The zero-order valence-corrected chi connectivity index (χ0v) is 15.8. The largest absolute Gasteiger partial charge is 0.495 e. The van der Waals surface area contributed by atoms with Gasteiger partial charge in [-0.1, -0.05) is 12.1 Å².